The van der Waals surface area contributed by atoms with Gasteiger partial charge in [0.05, 0.1) is 6.04 Å². The summed E-state index contributed by atoms with van der Waals surface area (Å²) < 4.78 is 0. The smallest absolute Gasteiger partial charge is 0.0636 e. The Bertz CT molecular complexity index is 820. The van der Waals surface area contributed by atoms with Crippen molar-refractivity contribution in [2.75, 3.05) is 6.54 Å². The number of hydrogen-bond acceptors (Lipinski definition) is 2. The highest BCUT2D eigenvalue weighted by atomic mass is 35.5. The highest BCUT2D eigenvalue weighted by molar-refractivity contribution is 6.32. The van der Waals surface area contributed by atoms with Crippen molar-refractivity contribution in [1.29, 1.82) is 0 Å². The molecule has 3 aliphatic rings. The molecule has 0 aromatic heterocycles. The number of fused-ring (bicyclic) bond motifs is 2. The number of halogens is 2. The Kier molecular flexibility index (Phi) is 6.90. The molecule has 2 heterocycles. The molecule has 2 atom stereocenters. The standard InChI is InChI=1S/C27H34Cl2N2/c28-25-12-6-4-10-23(25)27(24-11-5-7-13-26(24)29)31-21-14-15-22(31)17-20(16-21)30-18-19-8-2-1-3-9-19/h4-7,10-13,19-22,27,30H,1-3,8-9,14-18H2. The maximum atomic E-state index is 6.74. The van der Waals surface area contributed by atoms with E-state index in [4.69, 9.17) is 23.2 Å². The summed E-state index contributed by atoms with van der Waals surface area (Å²) in [5.41, 5.74) is 2.37. The molecule has 2 aliphatic heterocycles. The Morgan fingerprint density at radius 2 is 1.32 bits per heavy atom. The van der Waals surface area contributed by atoms with Crippen molar-refractivity contribution >= 4 is 23.2 Å². The van der Waals surface area contributed by atoms with Gasteiger partial charge < -0.3 is 5.32 Å². The summed E-state index contributed by atoms with van der Waals surface area (Å²) in [7, 11) is 0. The molecule has 2 unspecified atom stereocenters. The lowest BCUT2D eigenvalue weighted by molar-refractivity contribution is 0.0840. The summed E-state index contributed by atoms with van der Waals surface area (Å²) in [6.07, 6.45) is 12.1. The topological polar surface area (TPSA) is 15.3 Å². The summed E-state index contributed by atoms with van der Waals surface area (Å²) in [5, 5.41) is 5.65. The molecule has 1 aliphatic carbocycles. The van der Waals surface area contributed by atoms with Gasteiger partial charge in [-0.05, 0) is 74.2 Å². The zero-order valence-corrected chi connectivity index (χ0v) is 19.8. The predicted octanol–water partition coefficient (Wildman–Crippen LogP) is 7.25. The Labute approximate surface area is 197 Å². The molecule has 1 N–H and O–H groups in total. The zero-order chi connectivity index (χ0) is 21.2. The van der Waals surface area contributed by atoms with Gasteiger partial charge in [0, 0.05) is 28.2 Å². The third-order valence-corrected chi connectivity index (χ3v) is 8.60. The Morgan fingerprint density at radius 3 is 1.87 bits per heavy atom. The fourth-order valence-corrected chi connectivity index (χ4v) is 6.89. The van der Waals surface area contributed by atoms with E-state index in [0.717, 1.165) is 16.0 Å². The van der Waals surface area contributed by atoms with Gasteiger partial charge in [-0.2, -0.15) is 0 Å². The third kappa shape index (κ3) is 4.69. The fraction of sp³-hybridized carbons (Fsp3) is 0.556. The number of piperidine rings is 1. The first-order chi connectivity index (χ1) is 15.2. The van der Waals surface area contributed by atoms with Crippen molar-refractivity contribution in [2.45, 2.75) is 82.0 Å². The number of nitrogens with one attached hydrogen (secondary N) is 1. The zero-order valence-electron chi connectivity index (χ0n) is 18.3. The first kappa shape index (κ1) is 21.8. The maximum absolute atomic E-state index is 6.74. The van der Waals surface area contributed by atoms with Crippen LogP contribution < -0.4 is 5.32 Å². The lowest BCUT2D eigenvalue weighted by Crippen LogP contribution is -2.51. The number of benzene rings is 2. The second kappa shape index (κ2) is 9.83. The van der Waals surface area contributed by atoms with Crippen molar-refractivity contribution in [3.05, 3.63) is 69.7 Å². The predicted molar refractivity (Wildman–Crippen MR) is 131 cm³/mol. The van der Waals surface area contributed by atoms with Gasteiger partial charge in [0.1, 0.15) is 0 Å². The van der Waals surface area contributed by atoms with Crippen LogP contribution in [0.2, 0.25) is 10.0 Å². The van der Waals surface area contributed by atoms with Gasteiger partial charge in [0.15, 0.2) is 0 Å². The maximum Gasteiger partial charge on any atom is 0.0636 e. The summed E-state index contributed by atoms with van der Waals surface area (Å²) >= 11 is 13.5. The lowest BCUT2D eigenvalue weighted by Gasteiger charge is -2.45. The van der Waals surface area contributed by atoms with Gasteiger partial charge in [-0.1, -0.05) is 78.9 Å². The Morgan fingerprint density at radius 1 is 0.774 bits per heavy atom. The van der Waals surface area contributed by atoms with Crippen LogP contribution in [0, 0.1) is 5.92 Å². The molecule has 31 heavy (non-hydrogen) atoms. The molecule has 2 saturated heterocycles. The largest absolute Gasteiger partial charge is 0.314 e. The van der Waals surface area contributed by atoms with E-state index >= 15 is 0 Å². The fourth-order valence-electron chi connectivity index (χ4n) is 6.41. The summed E-state index contributed by atoms with van der Waals surface area (Å²) in [6, 6.07) is 18.6. The van der Waals surface area contributed by atoms with E-state index in [2.05, 4.69) is 34.5 Å². The molecule has 1 saturated carbocycles. The second-order valence-electron chi connectivity index (χ2n) is 9.86. The van der Waals surface area contributed by atoms with Crippen LogP contribution in [-0.2, 0) is 0 Å². The molecule has 0 amide bonds. The summed E-state index contributed by atoms with van der Waals surface area (Å²) in [5.74, 6) is 0.892. The average Bonchev–Trinajstić information content (AvgIpc) is 3.04. The number of hydrogen-bond donors (Lipinski definition) is 1. The van der Waals surface area contributed by atoms with Gasteiger partial charge in [-0.25, -0.2) is 0 Å². The van der Waals surface area contributed by atoms with Gasteiger partial charge in [0.25, 0.3) is 0 Å². The number of rotatable bonds is 6. The van der Waals surface area contributed by atoms with Crippen LogP contribution >= 0.6 is 23.2 Å². The molecule has 0 radical (unpaired) electrons. The quantitative estimate of drug-likeness (QED) is 0.492. The van der Waals surface area contributed by atoms with Crippen LogP contribution in [0.25, 0.3) is 0 Å². The SMILES string of the molecule is Clc1ccccc1C(c1ccccc1Cl)N1C2CCC1CC(NCC1CCCCC1)C2. The molecule has 2 nitrogen and oxygen atoms in total. The van der Waals surface area contributed by atoms with E-state index in [-0.39, 0.29) is 6.04 Å². The van der Waals surface area contributed by atoms with Crippen LogP contribution in [0.15, 0.2) is 48.5 Å². The van der Waals surface area contributed by atoms with Crippen LogP contribution in [0.5, 0.6) is 0 Å². The molecule has 2 bridgehead atoms. The summed E-state index contributed by atoms with van der Waals surface area (Å²) in [4.78, 5) is 2.75. The van der Waals surface area contributed by atoms with Crippen molar-refractivity contribution < 1.29 is 0 Å². The van der Waals surface area contributed by atoms with Crippen molar-refractivity contribution in [1.82, 2.24) is 10.2 Å². The summed E-state index contributed by atoms with van der Waals surface area (Å²) in [6.45, 7) is 1.21. The van der Waals surface area contributed by atoms with E-state index in [1.807, 2.05) is 24.3 Å². The van der Waals surface area contributed by atoms with Crippen molar-refractivity contribution in [3.63, 3.8) is 0 Å². The number of nitrogens with zero attached hydrogens (tertiary/aromatic N) is 1. The first-order valence-corrected chi connectivity index (χ1v) is 13.0. The molecular formula is C27H34Cl2N2. The molecule has 4 heteroatoms. The second-order valence-corrected chi connectivity index (χ2v) is 10.7. The van der Waals surface area contributed by atoms with Gasteiger partial charge >= 0.3 is 0 Å². The highest BCUT2D eigenvalue weighted by Crippen LogP contribution is 2.46. The van der Waals surface area contributed by atoms with Gasteiger partial charge in [0.2, 0.25) is 0 Å². The van der Waals surface area contributed by atoms with Crippen molar-refractivity contribution in [3.8, 4) is 0 Å². The van der Waals surface area contributed by atoms with Crippen LogP contribution in [0.1, 0.15) is 75.0 Å². The monoisotopic (exact) mass is 456 g/mol. The molecule has 166 valence electrons. The minimum Gasteiger partial charge on any atom is -0.314 e. The molecule has 0 spiro atoms. The third-order valence-electron chi connectivity index (χ3n) is 7.91. The molecule has 2 aromatic rings. The molecular weight excluding hydrogens is 423 g/mol. The molecule has 5 rings (SSSR count). The highest BCUT2D eigenvalue weighted by Gasteiger charge is 2.45. The normalized spacial score (nSPS) is 27.1. The van der Waals surface area contributed by atoms with E-state index in [1.165, 1.54) is 75.5 Å². The van der Waals surface area contributed by atoms with Gasteiger partial charge in [-0.3, -0.25) is 4.90 Å². The van der Waals surface area contributed by atoms with Crippen molar-refractivity contribution in [2.24, 2.45) is 5.92 Å². The van der Waals surface area contributed by atoms with E-state index in [1.54, 1.807) is 0 Å². The van der Waals surface area contributed by atoms with E-state index in [9.17, 15) is 0 Å². The van der Waals surface area contributed by atoms with Crippen LogP contribution in [0.4, 0.5) is 0 Å². The lowest BCUT2D eigenvalue weighted by atomic mass is 9.87. The Balaban J connectivity index is 1.37. The van der Waals surface area contributed by atoms with E-state index in [0.29, 0.717) is 18.1 Å². The molecule has 2 aromatic carbocycles. The molecule has 3 fully saturated rings. The first-order valence-electron chi connectivity index (χ1n) is 12.2. The Hall–Kier alpha value is -1.06. The minimum absolute atomic E-state index is 0.124. The minimum atomic E-state index is 0.124. The average molecular weight is 457 g/mol. The van der Waals surface area contributed by atoms with Gasteiger partial charge in [-0.15, -0.1) is 0 Å². The van der Waals surface area contributed by atoms with E-state index < -0.39 is 0 Å². The van der Waals surface area contributed by atoms with Crippen LogP contribution in [-0.4, -0.2) is 29.6 Å². The van der Waals surface area contributed by atoms with Crippen LogP contribution in [0.3, 0.4) is 0 Å².